The first kappa shape index (κ1) is 13.9. The molecule has 0 radical (unpaired) electrons. The Labute approximate surface area is 115 Å². The molecule has 0 aromatic heterocycles. The maximum Gasteiger partial charge on any atom is 0.183 e. The Hall–Kier alpha value is -1.56. The van der Waals surface area contributed by atoms with Crippen molar-refractivity contribution in [3.63, 3.8) is 0 Å². The van der Waals surface area contributed by atoms with Gasteiger partial charge in [0.25, 0.3) is 0 Å². The van der Waals surface area contributed by atoms with Crippen LogP contribution in [0.15, 0.2) is 36.9 Å². The quantitative estimate of drug-likeness (QED) is 0.604. The van der Waals surface area contributed by atoms with Crippen molar-refractivity contribution >= 4 is 0 Å². The number of rotatable bonds is 4. The summed E-state index contributed by atoms with van der Waals surface area (Å²) in [5.41, 5.74) is 2.08. The van der Waals surface area contributed by atoms with Crippen molar-refractivity contribution in [2.24, 2.45) is 5.92 Å². The Morgan fingerprint density at radius 1 is 1.26 bits per heavy atom. The van der Waals surface area contributed by atoms with Crippen LogP contribution in [-0.2, 0) is 9.47 Å². The third-order valence-electron chi connectivity index (χ3n) is 3.20. The molecule has 100 valence electrons. The van der Waals surface area contributed by atoms with E-state index >= 15 is 0 Å². The summed E-state index contributed by atoms with van der Waals surface area (Å²) in [5, 5.41) is 0. The van der Waals surface area contributed by atoms with Crippen molar-refractivity contribution in [1.29, 1.82) is 0 Å². The number of hydrogen-bond acceptors (Lipinski definition) is 2. The SMILES string of the molecule is C=CCCC1COC(c2ccc(C#CC)cc2)OC1. The van der Waals surface area contributed by atoms with E-state index in [1.54, 1.807) is 0 Å². The van der Waals surface area contributed by atoms with Gasteiger partial charge in [0, 0.05) is 17.0 Å². The number of ether oxygens (including phenoxy) is 2. The van der Waals surface area contributed by atoms with Crippen LogP contribution in [0.5, 0.6) is 0 Å². The van der Waals surface area contributed by atoms with E-state index < -0.39 is 0 Å². The van der Waals surface area contributed by atoms with Gasteiger partial charge in [0.05, 0.1) is 13.2 Å². The second-order valence-corrected chi connectivity index (χ2v) is 4.73. The minimum absolute atomic E-state index is 0.233. The minimum Gasteiger partial charge on any atom is -0.348 e. The molecule has 0 aliphatic carbocycles. The third-order valence-corrected chi connectivity index (χ3v) is 3.20. The zero-order valence-electron chi connectivity index (χ0n) is 11.4. The highest BCUT2D eigenvalue weighted by Crippen LogP contribution is 2.26. The van der Waals surface area contributed by atoms with Crippen molar-refractivity contribution in [3.8, 4) is 11.8 Å². The largest absolute Gasteiger partial charge is 0.348 e. The molecule has 1 aliphatic heterocycles. The van der Waals surface area contributed by atoms with Crippen LogP contribution in [-0.4, -0.2) is 13.2 Å². The maximum absolute atomic E-state index is 5.78. The van der Waals surface area contributed by atoms with Crippen molar-refractivity contribution in [3.05, 3.63) is 48.0 Å². The van der Waals surface area contributed by atoms with E-state index in [9.17, 15) is 0 Å². The van der Waals surface area contributed by atoms with E-state index in [0.29, 0.717) is 5.92 Å². The first-order valence-electron chi connectivity index (χ1n) is 6.70. The highest BCUT2D eigenvalue weighted by atomic mass is 16.7. The Balaban J connectivity index is 1.89. The minimum atomic E-state index is -0.233. The average Bonchev–Trinajstić information content (AvgIpc) is 2.47. The predicted octanol–water partition coefficient (Wildman–Crippen LogP) is 3.69. The summed E-state index contributed by atoms with van der Waals surface area (Å²) in [4.78, 5) is 0. The van der Waals surface area contributed by atoms with Crippen LogP contribution in [0.4, 0.5) is 0 Å². The molecule has 0 spiro atoms. The summed E-state index contributed by atoms with van der Waals surface area (Å²) in [6, 6.07) is 8.05. The predicted molar refractivity (Wildman–Crippen MR) is 76.6 cm³/mol. The summed E-state index contributed by atoms with van der Waals surface area (Å²) >= 11 is 0. The lowest BCUT2D eigenvalue weighted by Gasteiger charge is -2.29. The van der Waals surface area contributed by atoms with E-state index in [4.69, 9.17) is 9.47 Å². The summed E-state index contributed by atoms with van der Waals surface area (Å²) in [6.07, 6.45) is 3.82. The molecule has 2 nitrogen and oxygen atoms in total. The molecular weight excluding hydrogens is 236 g/mol. The van der Waals surface area contributed by atoms with Gasteiger partial charge in [-0.1, -0.05) is 24.1 Å². The monoisotopic (exact) mass is 256 g/mol. The number of allylic oxidation sites excluding steroid dienone is 1. The third kappa shape index (κ3) is 3.96. The molecule has 19 heavy (non-hydrogen) atoms. The van der Waals surface area contributed by atoms with Crippen LogP contribution in [0.25, 0.3) is 0 Å². The molecule has 1 fully saturated rings. The van der Waals surface area contributed by atoms with E-state index in [-0.39, 0.29) is 6.29 Å². The molecule has 1 heterocycles. The van der Waals surface area contributed by atoms with E-state index in [1.165, 1.54) is 0 Å². The Kier molecular flexibility index (Phi) is 5.20. The van der Waals surface area contributed by atoms with Gasteiger partial charge in [0.15, 0.2) is 6.29 Å². The molecule has 0 bridgehead atoms. The van der Waals surface area contributed by atoms with Gasteiger partial charge in [0.1, 0.15) is 0 Å². The van der Waals surface area contributed by atoms with Gasteiger partial charge in [-0.15, -0.1) is 12.5 Å². The highest BCUT2D eigenvalue weighted by molar-refractivity contribution is 5.36. The zero-order chi connectivity index (χ0) is 13.5. The van der Waals surface area contributed by atoms with Crippen LogP contribution in [0.1, 0.15) is 37.2 Å². The van der Waals surface area contributed by atoms with Crippen LogP contribution in [0.3, 0.4) is 0 Å². The lowest BCUT2D eigenvalue weighted by Crippen LogP contribution is -2.26. The van der Waals surface area contributed by atoms with Crippen LogP contribution >= 0.6 is 0 Å². The molecule has 0 amide bonds. The van der Waals surface area contributed by atoms with E-state index in [0.717, 1.165) is 37.2 Å². The van der Waals surface area contributed by atoms with Gasteiger partial charge < -0.3 is 9.47 Å². The molecule has 2 rings (SSSR count). The molecule has 1 aromatic carbocycles. The van der Waals surface area contributed by atoms with E-state index in [1.807, 2.05) is 37.3 Å². The van der Waals surface area contributed by atoms with Crippen molar-refractivity contribution in [2.45, 2.75) is 26.1 Å². The lowest BCUT2D eigenvalue weighted by atomic mass is 10.0. The van der Waals surface area contributed by atoms with Crippen LogP contribution in [0, 0.1) is 17.8 Å². The molecule has 2 heteroatoms. The van der Waals surface area contributed by atoms with E-state index in [2.05, 4.69) is 18.4 Å². The molecule has 0 N–H and O–H groups in total. The van der Waals surface area contributed by atoms with Crippen molar-refractivity contribution in [2.75, 3.05) is 13.2 Å². The fourth-order valence-electron chi connectivity index (χ4n) is 2.12. The van der Waals surface area contributed by atoms with Crippen molar-refractivity contribution < 1.29 is 9.47 Å². The van der Waals surface area contributed by atoms with Crippen LogP contribution < -0.4 is 0 Å². The summed E-state index contributed by atoms with van der Waals surface area (Å²) < 4.78 is 11.6. The van der Waals surface area contributed by atoms with Crippen molar-refractivity contribution in [1.82, 2.24) is 0 Å². The zero-order valence-corrected chi connectivity index (χ0v) is 11.4. The van der Waals surface area contributed by atoms with Gasteiger partial charge in [-0.25, -0.2) is 0 Å². The second-order valence-electron chi connectivity index (χ2n) is 4.73. The average molecular weight is 256 g/mol. The fraction of sp³-hybridized carbons (Fsp3) is 0.412. The smallest absolute Gasteiger partial charge is 0.183 e. The van der Waals surface area contributed by atoms with Gasteiger partial charge in [0.2, 0.25) is 0 Å². The Morgan fingerprint density at radius 3 is 2.53 bits per heavy atom. The maximum atomic E-state index is 5.78. The Morgan fingerprint density at radius 2 is 1.95 bits per heavy atom. The highest BCUT2D eigenvalue weighted by Gasteiger charge is 2.22. The molecule has 1 aliphatic rings. The normalized spacial score (nSPS) is 22.4. The molecule has 0 unspecified atom stereocenters. The van der Waals surface area contributed by atoms with Gasteiger partial charge >= 0.3 is 0 Å². The summed E-state index contributed by atoms with van der Waals surface area (Å²) in [5.74, 6) is 6.40. The lowest BCUT2D eigenvalue weighted by molar-refractivity contribution is -0.205. The molecule has 0 atom stereocenters. The standard InChI is InChI=1S/C17H20O2/c1-3-5-7-15-12-18-17(19-13-15)16-10-8-14(6-4-2)9-11-16/h3,8-11,15,17H,1,5,7,12-13H2,2H3. The molecule has 1 aromatic rings. The molecule has 0 saturated carbocycles. The van der Waals surface area contributed by atoms with Gasteiger partial charge in [-0.2, -0.15) is 0 Å². The van der Waals surface area contributed by atoms with Gasteiger partial charge in [-0.3, -0.25) is 0 Å². The molecular formula is C17H20O2. The second kappa shape index (κ2) is 7.13. The first-order chi connectivity index (χ1) is 9.33. The first-order valence-corrected chi connectivity index (χ1v) is 6.70. The summed E-state index contributed by atoms with van der Waals surface area (Å²) in [6.45, 7) is 7.09. The number of hydrogen-bond donors (Lipinski definition) is 0. The fourth-order valence-corrected chi connectivity index (χ4v) is 2.12. The molecule has 1 saturated heterocycles. The van der Waals surface area contributed by atoms with Gasteiger partial charge in [-0.05, 0) is 31.9 Å². The topological polar surface area (TPSA) is 18.5 Å². The van der Waals surface area contributed by atoms with Crippen LogP contribution in [0.2, 0.25) is 0 Å². The Bertz CT molecular complexity index is 456. The summed E-state index contributed by atoms with van der Waals surface area (Å²) in [7, 11) is 0. The number of benzene rings is 1.